The Morgan fingerprint density at radius 2 is 1.63 bits per heavy atom. The number of piperazine rings is 1. The zero-order valence-corrected chi connectivity index (χ0v) is 17.0. The highest BCUT2D eigenvalue weighted by Crippen LogP contribution is 2.25. The molecule has 0 bridgehead atoms. The van der Waals surface area contributed by atoms with E-state index in [1.165, 1.54) is 27.9 Å². The zero-order valence-electron chi connectivity index (χ0n) is 16.2. The average molecular weight is 378 g/mol. The Morgan fingerprint density at radius 1 is 0.889 bits per heavy atom. The van der Waals surface area contributed by atoms with E-state index < -0.39 is 0 Å². The largest absolute Gasteiger partial charge is 0.297 e. The van der Waals surface area contributed by atoms with Crippen molar-refractivity contribution in [1.82, 2.24) is 14.8 Å². The van der Waals surface area contributed by atoms with Gasteiger partial charge in [-0.05, 0) is 31.0 Å². The summed E-state index contributed by atoms with van der Waals surface area (Å²) in [6, 6.07) is 17.3. The molecule has 0 N–H and O–H groups in total. The van der Waals surface area contributed by atoms with Crippen LogP contribution in [-0.2, 0) is 13.1 Å². The second kappa shape index (κ2) is 8.34. The molecule has 0 spiro atoms. The summed E-state index contributed by atoms with van der Waals surface area (Å²) < 4.78 is 0. The Balaban J connectivity index is 1.31. The first kappa shape index (κ1) is 18.4. The van der Waals surface area contributed by atoms with Crippen molar-refractivity contribution in [2.75, 3.05) is 26.2 Å². The van der Waals surface area contributed by atoms with Gasteiger partial charge < -0.3 is 0 Å². The lowest BCUT2D eigenvalue weighted by Gasteiger charge is -2.34. The van der Waals surface area contributed by atoms with Crippen LogP contribution in [0.15, 0.2) is 53.9 Å². The maximum atomic E-state index is 4.88. The van der Waals surface area contributed by atoms with Gasteiger partial charge in [0.1, 0.15) is 5.01 Å². The lowest BCUT2D eigenvalue weighted by atomic mass is 10.1. The van der Waals surface area contributed by atoms with Crippen LogP contribution in [-0.4, -0.2) is 41.0 Å². The second-order valence-corrected chi connectivity index (χ2v) is 8.35. The van der Waals surface area contributed by atoms with Gasteiger partial charge in [-0.3, -0.25) is 9.80 Å². The van der Waals surface area contributed by atoms with Crippen LogP contribution >= 0.6 is 11.3 Å². The molecule has 1 fully saturated rings. The fourth-order valence-corrected chi connectivity index (χ4v) is 4.46. The number of thiazole rings is 1. The number of aromatic nitrogens is 1. The predicted molar refractivity (Wildman–Crippen MR) is 114 cm³/mol. The van der Waals surface area contributed by atoms with Crippen LogP contribution in [0.5, 0.6) is 0 Å². The molecule has 2 aromatic carbocycles. The highest BCUT2D eigenvalue weighted by atomic mass is 32.1. The van der Waals surface area contributed by atoms with Crippen LogP contribution in [0.3, 0.4) is 0 Å². The molecule has 1 saturated heterocycles. The van der Waals surface area contributed by atoms with Gasteiger partial charge in [0.15, 0.2) is 0 Å². The molecule has 0 amide bonds. The minimum atomic E-state index is 0.959. The molecule has 2 heterocycles. The molecule has 140 valence electrons. The molecule has 27 heavy (non-hydrogen) atoms. The van der Waals surface area contributed by atoms with E-state index in [0.29, 0.717) is 0 Å². The monoisotopic (exact) mass is 377 g/mol. The standard InChI is InChI=1S/C23H27N3S/c1-18-6-5-9-20(14-18)23-24-22(17-27-23)16-26-12-10-25(11-13-26)15-21-8-4-3-7-19(21)2/h3-9,14,17H,10-13,15-16H2,1-2H3. The van der Waals surface area contributed by atoms with E-state index in [2.05, 4.69) is 77.6 Å². The second-order valence-electron chi connectivity index (χ2n) is 7.49. The Bertz CT molecular complexity index is 894. The third-order valence-electron chi connectivity index (χ3n) is 5.32. The van der Waals surface area contributed by atoms with Crippen LogP contribution in [0.4, 0.5) is 0 Å². The Hall–Kier alpha value is -2.01. The molecule has 1 aliphatic heterocycles. The van der Waals surface area contributed by atoms with Crippen LogP contribution in [0, 0.1) is 13.8 Å². The molecule has 0 atom stereocenters. The van der Waals surface area contributed by atoms with Crippen molar-refractivity contribution < 1.29 is 0 Å². The van der Waals surface area contributed by atoms with E-state index in [9.17, 15) is 0 Å². The molecular formula is C23H27N3S. The summed E-state index contributed by atoms with van der Waals surface area (Å²) in [5, 5.41) is 3.35. The Kier molecular flexibility index (Phi) is 5.67. The molecule has 1 aromatic heterocycles. The predicted octanol–water partition coefficient (Wildman–Crippen LogP) is 4.74. The maximum Gasteiger partial charge on any atom is 0.123 e. The molecule has 0 aliphatic carbocycles. The van der Waals surface area contributed by atoms with Crippen molar-refractivity contribution in [2.24, 2.45) is 0 Å². The lowest BCUT2D eigenvalue weighted by Crippen LogP contribution is -2.45. The van der Waals surface area contributed by atoms with Gasteiger partial charge in [-0.15, -0.1) is 11.3 Å². The number of aryl methyl sites for hydroxylation is 2. The SMILES string of the molecule is Cc1cccc(-c2nc(CN3CCN(Cc4ccccc4C)CC3)cs2)c1. The smallest absolute Gasteiger partial charge is 0.123 e. The van der Waals surface area contributed by atoms with Crippen molar-refractivity contribution in [3.63, 3.8) is 0 Å². The van der Waals surface area contributed by atoms with E-state index in [-0.39, 0.29) is 0 Å². The number of benzene rings is 2. The van der Waals surface area contributed by atoms with Crippen molar-refractivity contribution >= 4 is 11.3 Å². The summed E-state index contributed by atoms with van der Waals surface area (Å²) in [5.41, 5.74) is 6.56. The van der Waals surface area contributed by atoms with Crippen molar-refractivity contribution in [1.29, 1.82) is 0 Å². The van der Waals surface area contributed by atoms with Crippen molar-refractivity contribution in [3.05, 3.63) is 76.3 Å². The molecule has 3 nitrogen and oxygen atoms in total. The van der Waals surface area contributed by atoms with Crippen LogP contribution in [0.2, 0.25) is 0 Å². The first-order valence-electron chi connectivity index (χ1n) is 9.68. The summed E-state index contributed by atoms with van der Waals surface area (Å²) in [6.07, 6.45) is 0. The van der Waals surface area contributed by atoms with Gasteiger partial charge in [-0.25, -0.2) is 4.98 Å². The van der Waals surface area contributed by atoms with Gasteiger partial charge in [-0.2, -0.15) is 0 Å². The first-order valence-corrected chi connectivity index (χ1v) is 10.6. The highest BCUT2D eigenvalue weighted by Gasteiger charge is 2.18. The minimum absolute atomic E-state index is 0.959. The molecule has 4 heteroatoms. The van der Waals surface area contributed by atoms with Gasteiger partial charge in [0, 0.05) is 50.2 Å². The summed E-state index contributed by atoms with van der Waals surface area (Å²) in [5.74, 6) is 0. The summed E-state index contributed by atoms with van der Waals surface area (Å²) >= 11 is 1.76. The van der Waals surface area contributed by atoms with E-state index in [1.807, 2.05) is 0 Å². The summed E-state index contributed by atoms with van der Waals surface area (Å²) in [7, 11) is 0. The van der Waals surface area contributed by atoms with Crippen LogP contribution in [0.1, 0.15) is 22.4 Å². The fraction of sp³-hybridized carbons (Fsp3) is 0.348. The fourth-order valence-electron chi connectivity index (χ4n) is 3.65. The number of hydrogen-bond donors (Lipinski definition) is 0. The van der Waals surface area contributed by atoms with Gasteiger partial charge in [0.05, 0.1) is 5.69 Å². The summed E-state index contributed by atoms with van der Waals surface area (Å²) in [4.78, 5) is 9.98. The van der Waals surface area contributed by atoms with Gasteiger partial charge in [0.25, 0.3) is 0 Å². The normalized spacial score (nSPS) is 15.9. The van der Waals surface area contributed by atoms with Crippen molar-refractivity contribution in [2.45, 2.75) is 26.9 Å². The molecular weight excluding hydrogens is 350 g/mol. The maximum absolute atomic E-state index is 4.88. The molecule has 0 unspecified atom stereocenters. The molecule has 1 aliphatic rings. The zero-order chi connectivity index (χ0) is 18.6. The highest BCUT2D eigenvalue weighted by molar-refractivity contribution is 7.13. The Morgan fingerprint density at radius 3 is 2.37 bits per heavy atom. The Labute approximate surface area is 166 Å². The van der Waals surface area contributed by atoms with Crippen LogP contribution in [0.25, 0.3) is 10.6 Å². The van der Waals surface area contributed by atoms with Crippen molar-refractivity contribution in [3.8, 4) is 10.6 Å². The van der Waals surface area contributed by atoms with E-state index in [4.69, 9.17) is 4.98 Å². The number of hydrogen-bond acceptors (Lipinski definition) is 4. The molecule has 4 rings (SSSR count). The van der Waals surface area contributed by atoms with Crippen LogP contribution < -0.4 is 0 Å². The van der Waals surface area contributed by atoms with E-state index in [0.717, 1.165) is 44.3 Å². The minimum Gasteiger partial charge on any atom is -0.297 e. The lowest BCUT2D eigenvalue weighted by molar-refractivity contribution is 0.121. The first-order chi connectivity index (χ1) is 13.2. The van der Waals surface area contributed by atoms with Gasteiger partial charge in [-0.1, -0.05) is 48.0 Å². The van der Waals surface area contributed by atoms with E-state index in [1.54, 1.807) is 11.3 Å². The quantitative estimate of drug-likeness (QED) is 0.640. The van der Waals surface area contributed by atoms with Gasteiger partial charge >= 0.3 is 0 Å². The third-order valence-corrected chi connectivity index (χ3v) is 6.26. The molecule has 0 radical (unpaired) electrons. The third kappa shape index (κ3) is 4.64. The summed E-state index contributed by atoms with van der Waals surface area (Å²) in [6.45, 7) is 10.8. The average Bonchev–Trinajstić information content (AvgIpc) is 3.14. The molecule has 3 aromatic rings. The number of nitrogens with zero attached hydrogens (tertiary/aromatic N) is 3. The topological polar surface area (TPSA) is 19.4 Å². The van der Waals surface area contributed by atoms with E-state index >= 15 is 0 Å². The number of rotatable bonds is 5. The van der Waals surface area contributed by atoms with Gasteiger partial charge in [0.2, 0.25) is 0 Å². The molecule has 0 saturated carbocycles.